The van der Waals surface area contributed by atoms with E-state index in [0.29, 0.717) is 31.3 Å². The van der Waals surface area contributed by atoms with Gasteiger partial charge in [-0.25, -0.2) is 9.97 Å². The van der Waals surface area contributed by atoms with E-state index in [4.69, 9.17) is 10.5 Å². The van der Waals surface area contributed by atoms with Gasteiger partial charge in [0.2, 0.25) is 11.8 Å². The summed E-state index contributed by atoms with van der Waals surface area (Å²) in [5, 5.41) is 5.83. The summed E-state index contributed by atoms with van der Waals surface area (Å²) >= 11 is 0. The standard InChI is InChI=1S/C32H46N6O4/c33-31(40)28-22-29(35-23-34-28)36-25-16-19-38(20-17-25)18-8-6-4-2-1-3-5-7-9-21-42-26-12-10-24(11-13-26)27-14-15-30(39)37-32(27)41/h10-13,22-23,25,27H,1-9,14-21H2,(H2,33,40)(H,34,35,36)(H,37,39,41). The van der Waals surface area contributed by atoms with Crippen molar-refractivity contribution in [2.45, 2.75) is 95.4 Å². The molecule has 0 radical (unpaired) electrons. The van der Waals surface area contributed by atoms with Crippen LogP contribution in [0.3, 0.4) is 0 Å². The number of primary amides is 1. The number of hydrogen-bond donors (Lipinski definition) is 3. The third-order valence-electron chi connectivity index (χ3n) is 8.27. The second kappa shape index (κ2) is 16.8. The van der Waals surface area contributed by atoms with Crippen LogP contribution in [0.5, 0.6) is 5.75 Å². The molecule has 2 fully saturated rings. The summed E-state index contributed by atoms with van der Waals surface area (Å²) in [6, 6.07) is 9.69. The van der Waals surface area contributed by atoms with Crippen molar-refractivity contribution in [3.05, 3.63) is 47.9 Å². The average molecular weight is 579 g/mol. The van der Waals surface area contributed by atoms with Gasteiger partial charge < -0.3 is 20.7 Å². The molecule has 4 rings (SSSR count). The third kappa shape index (κ3) is 10.4. The number of piperidine rings is 2. The number of nitrogens with one attached hydrogen (secondary N) is 2. The summed E-state index contributed by atoms with van der Waals surface area (Å²) in [7, 11) is 0. The number of aromatic nitrogens is 2. The van der Waals surface area contributed by atoms with Gasteiger partial charge in [-0.2, -0.15) is 0 Å². The monoisotopic (exact) mass is 578 g/mol. The summed E-state index contributed by atoms with van der Waals surface area (Å²) < 4.78 is 5.88. The van der Waals surface area contributed by atoms with Crippen LogP contribution in [0.2, 0.25) is 0 Å². The molecule has 1 aromatic carbocycles. The summed E-state index contributed by atoms with van der Waals surface area (Å²) in [5.74, 6) is 0.323. The van der Waals surface area contributed by atoms with Gasteiger partial charge in [0.05, 0.1) is 12.5 Å². The molecule has 1 aromatic heterocycles. The van der Waals surface area contributed by atoms with Crippen molar-refractivity contribution in [3.8, 4) is 5.75 Å². The maximum absolute atomic E-state index is 12.0. The van der Waals surface area contributed by atoms with Crippen molar-refractivity contribution in [3.63, 3.8) is 0 Å². The number of likely N-dealkylation sites (tertiary alicyclic amines) is 1. The highest BCUT2D eigenvalue weighted by molar-refractivity contribution is 6.00. The molecule has 0 aliphatic carbocycles. The molecular weight excluding hydrogens is 532 g/mol. The van der Waals surface area contributed by atoms with Gasteiger partial charge in [-0.05, 0) is 56.3 Å². The molecule has 10 nitrogen and oxygen atoms in total. The van der Waals surface area contributed by atoms with Crippen LogP contribution in [0.25, 0.3) is 0 Å². The van der Waals surface area contributed by atoms with Crippen molar-refractivity contribution >= 4 is 23.5 Å². The second-order valence-corrected chi connectivity index (χ2v) is 11.5. The van der Waals surface area contributed by atoms with E-state index < -0.39 is 5.91 Å². The first-order valence-corrected chi connectivity index (χ1v) is 15.6. The lowest BCUT2D eigenvalue weighted by molar-refractivity contribution is -0.134. The van der Waals surface area contributed by atoms with Crippen molar-refractivity contribution in [2.24, 2.45) is 5.73 Å². The minimum Gasteiger partial charge on any atom is -0.494 e. The van der Waals surface area contributed by atoms with E-state index >= 15 is 0 Å². The molecule has 2 aromatic rings. The number of rotatable bonds is 17. The van der Waals surface area contributed by atoms with Gasteiger partial charge in [-0.3, -0.25) is 19.7 Å². The van der Waals surface area contributed by atoms with Gasteiger partial charge in [-0.1, -0.05) is 57.1 Å². The smallest absolute Gasteiger partial charge is 0.267 e. The fourth-order valence-electron chi connectivity index (χ4n) is 5.75. The predicted octanol–water partition coefficient (Wildman–Crippen LogP) is 4.56. The molecule has 4 N–H and O–H groups in total. The number of benzene rings is 1. The molecule has 2 aliphatic heterocycles. The average Bonchev–Trinajstić information content (AvgIpc) is 2.99. The van der Waals surface area contributed by atoms with Gasteiger partial charge >= 0.3 is 0 Å². The van der Waals surface area contributed by atoms with Crippen molar-refractivity contribution in [2.75, 3.05) is 31.6 Å². The molecule has 3 amide bonds. The number of nitrogens with zero attached hydrogens (tertiary/aromatic N) is 3. The second-order valence-electron chi connectivity index (χ2n) is 11.5. The zero-order valence-corrected chi connectivity index (χ0v) is 24.7. The fourth-order valence-corrected chi connectivity index (χ4v) is 5.75. The lowest BCUT2D eigenvalue weighted by Crippen LogP contribution is -2.39. The Balaban J connectivity index is 0.942. The molecule has 0 saturated carbocycles. The van der Waals surface area contributed by atoms with E-state index in [1.807, 2.05) is 24.3 Å². The molecule has 228 valence electrons. The Bertz CT molecular complexity index is 1150. The lowest BCUT2D eigenvalue weighted by atomic mass is 9.90. The van der Waals surface area contributed by atoms with E-state index in [1.54, 1.807) is 6.07 Å². The van der Waals surface area contributed by atoms with Crippen LogP contribution in [0.1, 0.15) is 105 Å². The molecule has 1 atom stereocenters. The van der Waals surface area contributed by atoms with E-state index in [2.05, 4.69) is 25.5 Å². The highest BCUT2D eigenvalue weighted by atomic mass is 16.5. The van der Waals surface area contributed by atoms with Crippen molar-refractivity contribution in [1.29, 1.82) is 0 Å². The summed E-state index contributed by atoms with van der Waals surface area (Å²) in [6.07, 6.45) is 15.7. The van der Waals surface area contributed by atoms with Crippen LogP contribution in [0.15, 0.2) is 36.7 Å². The van der Waals surface area contributed by atoms with Gasteiger partial charge in [0.25, 0.3) is 5.91 Å². The molecule has 0 bridgehead atoms. The number of amides is 3. The van der Waals surface area contributed by atoms with Crippen LogP contribution in [0.4, 0.5) is 5.82 Å². The van der Waals surface area contributed by atoms with Gasteiger partial charge in [0.15, 0.2) is 0 Å². The maximum atomic E-state index is 12.0. The van der Waals surface area contributed by atoms with Gasteiger partial charge in [0, 0.05) is 31.6 Å². The highest BCUT2D eigenvalue weighted by Crippen LogP contribution is 2.26. The van der Waals surface area contributed by atoms with Crippen molar-refractivity contribution in [1.82, 2.24) is 20.2 Å². The van der Waals surface area contributed by atoms with Gasteiger partial charge in [-0.15, -0.1) is 0 Å². The molecule has 3 heterocycles. The van der Waals surface area contributed by atoms with E-state index in [0.717, 1.165) is 43.7 Å². The van der Waals surface area contributed by atoms with E-state index in [9.17, 15) is 14.4 Å². The summed E-state index contributed by atoms with van der Waals surface area (Å²) in [4.78, 5) is 45.3. The number of unbranched alkanes of at least 4 members (excludes halogenated alkanes) is 8. The number of carbonyl (C=O) groups is 3. The Morgan fingerprint density at radius 2 is 1.60 bits per heavy atom. The molecular formula is C32H46N6O4. The highest BCUT2D eigenvalue weighted by Gasteiger charge is 2.27. The Hall–Kier alpha value is -3.53. The van der Waals surface area contributed by atoms with Crippen LogP contribution >= 0.6 is 0 Å². The predicted molar refractivity (Wildman–Crippen MR) is 162 cm³/mol. The quantitative estimate of drug-likeness (QED) is 0.183. The normalized spacial score (nSPS) is 18.0. The Morgan fingerprint density at radius 3 is 2.26 bits per heavy atom. The Kier molecular flexibility index (Phi) is 12.6. The zero-order valence-electron chi connectivity index (χ0n) is 24.7. The number of carbonyl (C=O) groups excluding carboxylic acids is 3. The largest absolute Gasteiger partial charge is 0.494 e. The molecule has 42 heavy (non-hydrogen) atoms. The van der Waals surface area contributed by atoms with Crippen LogP contribution in [-0.2, 0) is 9.59 Å². The maximum Gasteiger partial charge on any atom is 0.267 e. The van der Waals surface area contributed by atoms with Crippen molar-refractivity contribution < 1.29 is 19.1 Å². The first-order valence-electron chi connectivity index (χ1n) is 15.6. The van der Waals surface area contributed by atoms with E-state index in [-0.39, 0.29) is 23.4 Å². The van der Waals surface area contributed by atoms with E-state index in [1.165, 1.54) is 64.2 Å². The minimum absolute atomic E-state index is 0.186. The molecule has 2 aliphatic rings. The number of anilines is 1. The Labute approximate surface area is 249 Å². The first-order chi connectivity index (χ1) is 20.5. The SMILES string of the molecule is NC(=O)c1cc(NC2CCN(CCCCCCCCCCCOc3ccc(C4CCC(=O)NC4=O)cc3)CC2)ncn1. The number of ether oxygens (including phenoxy) is 1. The molecule has 1 unspecified atom stereocenters. The van der Waals surface area contributed by atoms with Gasteiger partial charge in [0.1, 0.15) is 23.6 Å². The van der Waals surface area contributed by atoms with Crippen LogP contribution < -0.4 is 21.1 Å². The van der Waals surface area contributed by atoms with Crippen LogP contribution in [-0.4, -0.2) is 64.9 Å². The zero-order chi connectivity index (χ0) is 29.6. The first kappa shape index (κ1) is 31.4. The van der Waals surface area contributed by atoms with Crippen LogP contribution in [0, 0.1) is 0 Å². The summed E-state index contributed by atoms with van der Waals surface area (Å²) in [6.45, 7) is 4.05. The molecule has 0 spiro atoms. The molecule has 10 heteroatoms. The minimum atomic E-state index is -0.536. The number of imide groups is 1. The fraction of sp³-hybridized carbons (Fsp3) is 0.594. The topological polar surface area (TPSA) is 140 Å². The lowest BCUT2D eigenvalue weighted by Gasteiger charge is -2.32. The summed E-state index contributed by atoms with van der Waals surface area (Å²) in [5.41, 5.74) is 6.48. The third-order valence-corrected chi connectivity index (χ3v) is 8.27. The number of nitrogens with two attached hydrogens (primary N) is 1. The Morgan fingerprint density at radius 1 is 0.929 bits per heavy atom. The number of hydrogen-bond acceptors (Lipinski definition) is 8. The molecule has 2 saturated heterocycles.